The molecule has 1 N–H and O–H groups in total. The molecule has 1 saturated carbocycles. The van der Waals surface area contributed by atoms with Crippen LogP contribution in [-0.2, 0) is 14.4 Å². The number of nitrogens with one attached hydrogen (secondary N) is 1. The second kappa shape index (κ2) is 11.6. The average Bonchev–Trinajstić information content (AvgIpc) is 2.95. The fourth-order valence-corrected chi connectivity index (χ4v) is 5.54. The van der Waals surface area contributed by atoms with E-state index in [9.17, 15) is 32.8 Å². The summed E-state index contributed by atoms with van der Waals surface area (Å²) in [4.78, 5) is 48.4. The van der Waals surface area contributed by atoms with Crippen LogP contribution in [0, 0.1) is 24.1 Å². The van der Waals surface area contributed by atoms with Gasteiger partial charge in [-0.2, -0.15) is 5.26 Å². The van der Waals surface area contributed by atoms with Gasteiger partial charge >= 0.3 is 0 Å². The Kier molecular flexibility index (Phi) is 7.98. The number of aryl methyl sites for hydroxylation is 1. The predicted octanol–water partition coefficient (Wildman–Crippen LogP) is 4.97. The Bertz CT molecular complexity index is 1570. The number of benzene rings is 2. The normalized spacial score (nSPS) is 18.9. The summed E-state index contributed by atoms with van der Waals surface area (Å²) in [5.41, 5.74) is 1.35. The first-order valence-electron chi connectivity index (χ1n) is 13.6. The Hall–Kier alpha value is -4.72. The molecule has 2 atom stereocenters. The van der Waals surface area contributed by atoms with Gasteiger partial charge in [-0.25, -0.2) is 18.2 Å². The lowest BCUT2D eigenvalue weighted by atomic mass is 9.87. The maximum absolute atomic E-state index is 14.6. The summed E-state index contributed by atoms with van der Waals surface area (Å²) in [5, 5.41) is 12.0. The molecule has 2 heterocycles. The highest BCUT2D eigenvalue weighted by Gasteiger charge is 2.48. The summed E-state index contributed by atoms with van der Waals surface area (Å²) < 4.78 is 41.9. The van der Waals surface area contributed by atoms with Crippen molar-refractivity contribution in [1.29, 1.82) is 5.26 Å². The second-order valence-corrected chi connectivity index (χ2v) is 10.6. The van der Waals surface area contributed by atoms with Crippen LogP contribution in [0.1, 0.15) is 54.8 Å². The molecule has 5 rings (SSSR count). The predicted molar refractivity (Wildman–Crippen MR) is 148 cm³/mol. The number of rotatable bonds is 7. The smallest absolute Gasteiger partial charge is 0.252 e. The molecular formula is C31H28F3N5O3. The van der Waals surface area contributed by atoms with Crippen molar-refractivity contribution in [3.05, 3.63) is 89.4 Å². The van der Waals surface area contributed by atoms with Crippen LogP contribution >= 0.6 is 0 Å². The molecule has 3 amide bonds. The first-order chi connectivity index (χ1) is 20.1. The maximum Gasteiger partial charge on any atom is 0.252 e. The van der Waals surface area contributed by atoms with Gasteiger partial charge in [0.05, 0.1) is 11.6 Å². The SMILES string of the molecule is Cc1ccccc1C(C(=O)NC1CC(F)(F)C1)N(C(=O)C1CCCC(=O)N1c1cc(C#N)ccn1)c1cccc(F)c1. The first-order valence-corrected chi connectivity index (χ1v) is 13.6. The minimum Gasteiger partial charge on any atom is -0.351 e. The fourth-order valence-electron chi connectivity index (χ4n) is 5.54. The quantitative estimate of drug-likeness (QED) is 0.428. The number of carbonyl (C=O) groups is 3. The topological polar surface area (TPSA) is 106 Å². The van der Waals surface area contributed by atoms with E-state index >= 15 is 0 Å². The zero-order valence-corrected chi connectivity index (χ0v) is 22.8. The number of carbonyl (C=O) groups excluding carboxylic acids is 3. The van der Waals surface area contributed by atoms with E-state index in [2.05, 4.69) is 10.3 Å². The van der Waals surface area contributed by atoms with Crippen molar-refractivity contribution in [2.24, 2.45) is 0 Å². The van der Waals surface area contributed by atoms with Crippen molar-refractivity contribution in [3.63, 3.8) is 0 Å². The van der Waals surface area contributed by atoms with Crippen molar-refractivity contribution in [2.45, 2.75) is 63.1 Å². The van der Waals surface area contributed by atoms with Gasteiger partial charge in [0.1, 0.15) is 23.7 Å². The van der Waals surface area contributed by atoms with Crippen LogP contribution in [0.25, 0.3) is 0 Å². The third-order valence-corrected chi connectivity index (χ3v) is 7.60. The Morgan fingerprint density at radius 2 is 1.90 bits per heavy atom. The third kappa shape index (κ3) is 5.84. The highest BCUT2D eigenvalue weighted by Crippen LogP contribution is 2.39. The second-order valence-electron chi connectivity index (χ2n) is 10.6. The van der Waals surface area contributed by atoms with E-state index in [1.54, 1.807) is 31.2 Å². The Labute approximate surface area is 240 Å². The van der Waals surface area contributed by atoms with Gasteiger partial charge in [0, 0.05) is 37.2 Å². The number of halogens is 3. The van der Waals surface area contributed by atoms with Gasteiger partial charge in [-0.1, -0.05) is 30.3 Å². The number of nitriles is 1. The summed E-state index contributed by atoms with van der Waals surface area (Å²) in [6.07, 6.45) is 1.03. The van der Waals surface area contributed by atoms with Gasteiger partial charge < -0.3 is 5.32 Å². The standard InChI is InChI=1S/C31H28F3N5O3/c1-19-6-2-3-9-24(19)28(29(41)37-22-16-31(33,34)17-22)38(23-8-4-7-21(32)15-23)30(42)25-10-5-11-27(40)39(25)26-14-20(18-35)12-13-36-26/h2-4,6-9,12-15,22,25,28H,5,10-11,16-17H2,1H3,(H,37,41). The van der Waals surface area contributed by atoms with Crippen LogP contribution in [-0.4, -0.2) is 40.7 Å². The van der Waals surface area contributed by atoms with Crippen LogP contribution in [0.3, 0.4) is 0 Å². The largest absolute Gasteiger partial charge is 0.351 e. The molecule has 11 heteroatoms. The molecule has 2 aromatic carbocycles. The van der Waals surface area contributed by atoms with Gasteiger partial charge in [-0.15, -0.1) is 0 Å². The monoisotopic (exact) mass is 575 g/mol. The number of nitrogens with zero attached hydrogens (tertiary/aromatic N) is 4. The molecule has 2 aliphatic rings. The molecule has 1 saturated heterocycles. The Morgan fingerprint density at radius 3 is 2.60 bits per heavy atom. The highest BCUT2D eigenvalue weighted by atomic mass is 19.3. The van der Waals surface area contributed by atoms with E-state index in [1.807, 2.05) is 6.07 Å². The van der Waals surface area contributed by atoms with Crippen LogP contribution < -0.4 is 15.1 Å². The summed E-state index contributed by atoms with van der Waals surface area (Å²) in [6.45, 7) is 1.75. The van der Waals surface area contributed by atoms with E-state index in [1.165, 1.54) is 41.4 Å². The zero-order valence-electron chi connectivity index (χ0n) is 22.8. The number of aromatic nitrogens is 1. The van der Waals surface area contributed by atoms with E-state index < -0.39 is 60.4 Å². The van der Waals surface area contributed by atoms with Gasteiger partial charge in [-0.3, -0.25) is 24.2 Å². The highest BCUT2D eigenvalue weighted by molar-refractivity contribution is 6.09. The van der Waals surface area contributed by atoms with E-state index in [0.717, 1.165) is 11.0 Å². The Morgan fingerprint density at radius 1 is 1.14 bits per heavy atom. The summed E-state index contributed by atoms with van der Waals surface area (Å²) in [6, 6.07) is 13.6. The van der Waals surface area contributed by atoms with E-state index in [-0.39, 0.29) is 29.9 Å². The molecule has 2 unspecified atom stereocenters. The fraction of sp³-hybridized carbons (Fsp3) is 0.323. The lowest BCUT2D eigenvalue weighted by Gasteiger charge is -2.41. The molecule has 1 aliphatic carbocycles. The zero-order chi connectivity index (χ0) is 30.0. The molecule has 0 spiro atoms. The number of alkyl halides is 2. The van der Waals surface area contributed by atoms with Crippen LogP contribution in [0.4, 0.5) is 24.7 Å². The van der Waals surface area contributed by atoms with Gasteiger partial charge in [-0.05, 0) is 61.2 Å². The van der Waals surface area contributed by atoms with Crippen molar-refractivity contribution in [1.82, 2.24) is 10.3 Å². The lowest BCUT2D eigenvalue weighted by Crippen LogP contribution is -2.58. The number of pyridine rings is 1. The van der Waals surface area contributed by atoms with E-state index in [4.69, 9.17) is 0 Å². The van der Waals surface area contributed by atoms with Gasteiger partial charge in [0.25, 0.3) is 11.8 Å². The molecular weight excluding hydrogens is 547 g/mol. The van der Waals surface area contributed by atoms with Crippen molar-refractivity contribution in [3.8, 4) is 6.07 Å². The molecule has 3 aromatic rings. The number of anilines is 2. The van der Waals surface area contributed by atoms with Crippen molar-refractivity contribution < 1.29 is 27.6 Å². The molecule has 1 aliphatic heterocycles. The minimum atomic E-state index is -2.89. The summed E-state index contributed by atoms with van der Waals surface area (Å²) in [7, 11) is 0. The number of amides is 3. The molecule has 2 fully saturated rings. The molecule has 42 heavy (non-hydrogen) atoms. The molecule has 216 valence electrons. The molecule has 0 radical (unpaired) electrons. The summed E-state index contributed by atoms with van der Waals surface area (Å²) >= 11 is 0. The maximum atomic E-state index is 14.6. The average molecular weight is 576 g/mol. The number of hydrogen-bond acceptors (Lipinski definition) is 5. The van der Waals surface area contributed by atoms with Crippen molar-refractivity contribution >= 4 is 29.2 Å². The lowest BCUT2D eigenvalue weighted by molar-refractivity contribution is -0.133. The van der Waals surface area contributed by atoms with Crippen molar-refractivity contribution in [2.75, 3.05) is 9.80 Å². The Balaban J connectivity index is 1.62. The number of piperidine rings is 1. The van der Waals surface area contributed by atoms with Crippen LogP contribution in [0.2, 0.25) is 0 Å². The minimum absolute atomic E-state index is 0.0547. The molecule has 1 aromatic heterocycles. The first kappa shape index (κ1) is 28.8. The van der Waals surface area contributed by atoms with Crippen LogP contribution in [0.15, 0.2) is 66.9 Å². The summed E-state index contributed by atoms with van der Waals surface area (Å²) in [5.74, 6) is -5.23. The van der Waals surface area contributed by atoms with Crippen LogP contribution in [0.5, 0.6) is 0 Å². The molecule has 0 bridgehead atoms. The third-order valence-electron chi connectivity index (χ3n) is 7.60. The molecule has 8 nitrogen and oxygen atoms in total. The van der Waals surface area contributed by atoms with Gasteiger partial charge in [0.15, 0.2) is 0 Å². The van der Waals surface area contributed by atoms with E-state index in [0.29, 0.717) is 17.5 Å². The number of hydrogen-bond donors (Lipinski definition) is 1. The van der Waals surface area contributed by atoms with Gasteiger partial charge in [0.2, 0.25) is 11.8 Å².